The number of nitrogens with zero attached hydrogens (tertiary/aromatic N) is 2. The van der Waals surface area contributed by atoms with Crippen molar-refractivity contribution in [3.8, 4) is 5.13 Å². The summed E-state index contributed by atoms with van der Waals surface area (Å²) >= 11 is 1.52. The number of carbonyl (C=O) groups is 1. The van der Waals surface area contributed by atoms with Gasteiger partial charge >= 0.3 is 0 Å². The molecule has 3 aromatic rings. The summed E-state index contributed by atoms with van der Waals surface area (Å²) < 4.78 is 25.9. The number of sulfone groups is 1. The highest BCUT2D eigenvalue weighted by Crippen LogP contribution is 2.28. The number of hydrogen-bond donors (Lipinski definition) is 1. The van der Waals surface area contributed by atoms with Crippen LogP contribution in [0.3, 0.4) is 0 Å². The first-order valence-corrected chi connectivity index (χ1v) is 10.6. The van der Waals surface area contributed by atoms with Crippen molar-refractivity contribution in [3.63, 3.8) is 0 Å². The molecule has 0 radical (unpaired) electrons. The Morgan fingerprint density at radius 1 is 1.23 bits per heavy atom. The van der Waals surface area contributed by atoms with Gasteiger partial charge in [-0.2, -0.15) is 0 Å². The monoisotopic (exact) mass is 387 g/mol. The van der Waals surface area contributed by atoms with Gasteiger partial charge in [-0.25, -0.2) is 13.4 Å². The zero-order chi connectivity index (χ0) is 18.5. The van der Waals surface area contributed by atoms with E-state index in [0.29, 0.717) is 5.56 Å². The minimum atomic E-state index is -3.19. The molecule has 1 amide bonds. The zero-order valence-corrected chi connectivity index (χ0v) is 15.9. The van der Waals surface area contributed by atoms with E-state index in [-0.39, 0.29) is 11.7 Å². The van der Waals surface area contributed by atoms with Gasteiger partial charge in [0.15, 0.2) is 15.0 Å². The van der Waals surface area contributed by atoms with E-state index in [1.165, 1.54) is 17.4 Å². The molecule has 1 N–H and O–H groups in total. The van der Waals surface area contributed by atoms with Crippen LogP contribution >= 0.6 is 11.3 Å². The summed E-state index contributed by atoms with van der Waals surface area (Å²) in [5.74, 6) is -0.375. The average molecular weight is 387 g/mol. The van der Waals surface area contributed by atoms with Crippen LogP contribution in [0.2, 0.25) is 0 Å². The fraction of sp³-hybridized carbons (Fsp3) is 0.222. The van der Waals surface area contributed by atoms with Crippen LogP contribution < -0.4 is 5.32 Å². The summed E-state index contributed by atoms with van der Waals surface area (Å²) in [5.41, 5.74) is 3.53. The van der Waals surface area contributed by atoms with Gasteiger partial charge in [-0.1, -0.05) is 11.3 Å². The summed E-state index contributed by atoms with van der Waals surface area (Å²) in [6, 6.07) is 8.94. The van der Waals surface area contributed by atoms with Crippen LogP contribution in [0.4, 0.5) is 0 Å². The van der Waals surface area contributed by atoms with Crippen LogP contribution in [0.25, 0.3) is 15.3 Å². The van der Waals surface area contributed by atoms with Crippen molar-refractivity contribution in [3.05, 3.63) is 58.8 Å². The number of rotatable bonds is 3. The maximum Gasteiger partial charge on any atom is 0.251 e. The third kappa shape index (κ3) is 3.06. The molecule has 0 bridgehead atoms. The van der Waals surface area contributed by atoms with E-state index in [0.717, 1.165) is 32.1 Å². The van der Waals surface area contributed by atoms with Crippen LogP contribution in [0, 0.1) is 13.8 Å². The number of fused-ring (bicyclic) bond motifs is 1. The zero-order valence-electron chi connectivity index (χ0n) is 14.3. The van der Waals surface area contributed by atoms with Gasteiger partial charge in [-0.15, -0.1) is 0 Å². The van der Waals surface area contributed by atoms with Gasteiger partial charge in [-0.05, 0) is 50.3 Å². The molecule has 1 atom stereocenters. The van der Waals surface area contributed by atoms with Crippen molar-refractivity contribution >= 4 is 37.3 Å². The first-order valence-electron chi connectivity index (χ1n) is 8.10. The molecule has 1 aliphatic heterocycles. The number of aryl methyl sites for hydroxylation is 2. The lowest BCUT2D eigenvalue weighted by molar-refractivity contribution is 0.0948. The number of carbonyl (C=O) groups excluding carboxylic acids is 1. The molecule has 0 fully saturated rings. The van der Waals surface area contributed by atoms with E-state index in [9.17, 15) is 13.2 Å². The highest BCUT2D eigenvalue weighted by molar-refractivity contribution is 7.94. The van der Waals surface area contributed by atoms with E-state index in [1.54, 1.807) is 12.1 Å². The normalized spacial score (nSPS) is 18.5. The molecule has 2 aromatic heterocycles. The third-order valence-corrected chi connectivity index (χ3v) is 6.75. The van der Waals surface area contributed by atoms with Crippen LogP contribution in [-0.2, 0) is 9.84 Å². The first kappa shape index (κ1) is 17.0. The summed E-state index contributed by atoms with van der Waals surface area (Å²) in [4.78, 5) is 17.1. The van der Waals surface area contributed by atoms with Crippen molar-refractivity contribution in [2.75, 3.05) is 5.75 Å². The molecular formula is C18H17N3O3S2. The maximum absolute atomic E-state index is 12.4. The van der Waals surface area contributed by atoms with E-state index in [1.807, 2.05) is 32.0 Å². The molecule has 3 heterocycles. The lowest BCUT2D eigenvalue weighted by atomic mass is 10.2. The molecule has 0 spiro atoms. The van der Waals surface area contributed by atoms with Gasteiger partial charge in [0.25, 0.3) is 5.91 Å². The molecule has 0 saturated carbocycles. The van der Waals surface area contributed by atoms with Crippen LogP contribution in [0.1, 0.15) is 21.7 Å². The molecule has 1 aliphatic rings. The summed E-state index contributed by atoms with van der Waals surface area (Å²) in [6.07, 6.45) is 1.51. The minimum Gasteiger partial charge on any atom is -0.345 e. The van der Waals surface area contributed by atoms with Gasteiger partial charge in [-0.3, -0.25) is 9.36 Å². The maximum atomic E-state index is 12.4. The number of amides is 1. The Hall–Kier alpha value is -2.45. The number of hydrogen-bond acceptors (Lipinski definition) is 5. The smallest absolute Gasteiger partial charge is 0.251 e. The highest BCUT2D eigenvalue weighted by atomic mass is 32.2. The third-order valence-electron chi connectivity index (χ3n) is 4.35. The molecule has 4 rings (SSSR count). The van der Waals surface area contributed by atoms with E-state index < -0.39 is 15.9 Å². The van der Waals surface area contributed by atoms with E-state index in [2.05, 4.69) is 14.9 Å². The Labute approximate surface area is 155 Å². The van der Waals surface area contributed by atoms with Crippen LogP contribution in [0.5, 0.6) is 0 Å². The summed E-state index contributed by atoms with van der Waals surface area (Å²) in [7, 11) is -3.19. The quantitative estimate of drug-likeness (QED) is 0.749. The van der Waals surface area contributed by atoms with Gasteiger partial charge < -0.3 is 5.32 Å². The Kier molecular flexibility index (Phi) is 3.96. The standard InChI is InChI=1S/C18H17N3O3S2/c1-11-3-4-12(2)21(11)18-20-15-6-5-13(9-16(15)25-18)17(22)19-14-7-8-26(23,24)10-14/h3-9,14H,10H2,1-2H3,(H,19,22)/t14-/m0/s1. The summed E-state index contributed by atoms with van der Waals surface area (Å²) in [5, 5.41) is 4.76. The average Bonchev–Trinajstić information content (AvgIpc) is 3.23. The molecule has 8 heteroatoms. The second-order valence-corrected chi connectivity index (χ2v) is 9.31. The topological polar surface area (TPSA) is 81.1 Å². The SMILES string of the molecule is Cc1ccc(C)n1-c1nc2ccc(C(=O)N[C@H]3C=CS(=O)(=O)C3)cc2s1. The number of nitrogens with one attached hydrogen (secondary N) is 1. The van der Waals surface area contributed by atoms with Gasteiger partial charge in [0.2, 0.25) is 0 Å². The lowest BCUT2D eigenvalue weighted by Crippen LogP contribution is -2.35. The number of thiazole rings is 1. The molecule has 26 heavy (non-hydrogen) atoms. The van der Waals surface area contributed by atoms with Crippen LogP contribution in [-0.4, -0.2) is 35.7 Å². The molecule has 1 aromatic carbocycles. The van der Waals surface area contributed by atoms with Crippen molar-refractivity contribution < 1.29 is 13.2 Å². The number of benzene rings is 1. The fourth-order valence-corrected chi connectivity index (χ4v) is 5.40. The second-order valence-electron chi connectivity index (χ2n) is 6.37. The van der Waals surface area contributed by atoms with Crippen molar-refractivity contribution in [2.24, 2.45) is 0 Å². The molecular weight excluding hydrogens is 370 g/mol. The second kappa shape index (κ2) is 6.07. The minimum absolute atomic E-state index is 0.0854. The molecule has 6 nitrogen and oxygen atoms in total. The Bertz CT molecular complexity index is 1140. The lowest BCUT2D eigenvalue weighted by Gasteiger charge is -2.09. The Balaban J connectivity index is 1.62. The largest absolute Gasteiger partial charge is 0.345 e. The Morgan fingerprint density at radius 3 is 2.62 bits per heavy atom. The van der Waals surface area contributed by atoms with Crippen molar-refractivity contribution in [2.45, 2.75) is 19.9 Å². The van der Waals surface area contributed by atoms with Gasteiger partial charge in [0.1, 0.15) is 0 Å². The van der Waals surface area contributed by atoms with Crippen molar-refractivity contribution in [1.29, 1.82) is 0 Å². The van der Waals surface area contributed by atoms with E-state index >= 15 is 0 Å². The summed E-state index contributed by atoms with van der Waals surface area (Å²) in [6.45, 7) is 4.06. The predicted molar refractivity (Wildman–Crippen MR) is 103 cm³/mol. The molecule has 0 aliphatic carbocycles. The van der Waals surface area contributed by atoms with Crippen molar-refractivity contribution in [1.82, 2.24) is 14.9 Å². The van der Waals surface area contributed by atoms with Crippen LogP contribution in [0.15, 0.2) is 41.8 Å². The molecule has 134 valence electrons. The Morgan fingerprint density at radius 2 is 1.96 bits per heavy atom. The predicted octanol–water partition coefficient (Wildman–Crippen LogP) is 2.74. The van der Waals surface area contributed by atoms with Gasteiger partial charge in [0.05, 0.1) is 22.0 Å². The fourth-order valence-electron chi connectivity index (χ4n) is 3.04. The van der Waals surface area contributed by atoms with E-state index in [4.69, 9.17) is 0 Å². The molecule has 0 saturated heterocycles. The highest BCUT2D eigenvalue weighted by Gasteiger charge is 2.23. The molecule has 0 unspecified atom stereocenters. The number of aromatic nitrogens is 2. The first-order chi connectivity index (χ1) is 12.3. The van der Waals surface area contributed by atoms with Gasteiger partial charge in [0, 0.05) is 22.4 Å².